The number of hydrogen-bond donors (Lipinski definition) is 0. The van der Waals surface area contributed by atoms with Gasteiger partial charge >= 0.3 is 0 Å². The second-order valence-corrected chi connectivity index (χ2v) is 9.32. The van der Waals surface area contributed by atoms with Crippen LogP contribution in [0.1, 0.15) is 38.0 Å². The summed E-state index contributed by atoms with van der Waals surface area (Å²) < 4.78 is 0. The van der Waals surface area contributed by atoms with Crippen LogP contribution in [0.15, 0.2) is 78.9 Å². The van der Waals surface area contributed by atoms with Crippen LogP contribution in [0.4, 0.5) is 0 Å². The first-order valence-electron chi connectivity index (χ1n) is 10.9. The molecule has 4 nitrogen and oxygen atoms in total. The average molecular weight is 445 g/mol. The van der Waals surface area contributed by atoms with Crippen LogP contribution in [0.5, 0.6) is 0 Å². The summed E-state index contributed by atoms with van der Waals surface area (Å²) in [5.74, 6) is 0.668. The van der Waals surface area contributed by atoms with E-state index in [1.165, 1.54) is 11.1 Å². The highest BCUT2D eigenvalue weighted by molar-refractivity contribution is 8.00. The van der Waals surface area contributed by atoms with Crippen molar-refractivity contribution in [2.75, 3.05) is 19.3 Å². The van der Waals surface area contributed by atoms with Crippen LogP contribution in [-0.2, 0) is 17.8 Å². The van der Waals surface area contributed by atoms with Gasteiger partial charge in [0, 0.05) is 25.7 Å². The van der Waals surface area contributed by atoms with Crippen LogP contribution in [0.25, 0.3) is 0 Å². The minimum atomic E-state index is -0.00629. The quantitative estimate of drug-likeness (QED) is 0.510. The van der Waals surface area contributed by atoms with E-state index in [-0.39, 0.29) is 17.2 Å². The Bertz CT molecular complexity index is 1070. The molecule has 0 aromatic heterocycles. The minimum Gasteiger partial charge on any atom is -0.337 e. The van der Waals surface area contributed by atoms with Gasteiger partial charge in [-0.2, -0.15) is 0 Å². The van der Waals surface area contributed by atoms with Crippen LogP contribution in [0.3, 0.4) is 0 Å². The van der Waals surface area contributed by atoms with E-state index in [0.717, 1.165) is 17.5 Å². The Labute approximate surface area is 194 Å². The summed E-state index contributed by atoms with van der Waals surface area (Å²) in [7, 11) is 1.83. The van der Waals surface area contributed by atoms with Gasteiger partial charge in [-0.15, -0.1) is 11.8 Å². The molecule has 0 bridgehead atoms. The Morgan fingerprint density at radius 3 is 2.34 bits per heavy atom. The highest BCUT2D eigenvalue weighted by Crippen LogP contribution is 2.38. The zero-order chi connectivity index (χ0) is 22.5. The molecule has 1 saturated heterocycles. The van der Waals surface area contributed by atoms with Gasteiger partial charge in [-0.3, -0.25) is 9.59 Å². The Hall–Kier alpha value is -3.05. The number of benzene rings is 3. The first kappa shape index (κ1) is 22.2. The number of aryl methyl sites for hydroxylation is 1. The van der Waals surface area contributed by atoms with Crippen molar-refractivity contribution >= 4 is 23.6 Å². The van der Waals surface area contributed by atoms with E-state index >= 15 is 0 Å². The van der Waals surface area contributed by atoms with Gasteiger partial charge in [0.2, 0.25) is 5.91 Å². The molecule has 1 heterocycles. The molecule has 1 fully saturated rings. The first-order chi connectivity index (χ1) is 15.5. The molecule has 1 atom stereocenters. The third-order valence-electron chi connectivity index (χ3n) is 5.78. The fraction of sp³-hybridized carbons (Fsp3) is 0.259. The van der Waals surface area contributed by atoms with Gasteiger partial charge in [-0.1, -0.05) is 72.3 Å². The SMILES string of the molecule is Cc1ccc(CN(C)C(=O)c2ccc([C@H]3SCC(=O)N3CCc3ccccc3)cc2)cc1. The van der Waals surface area contributed by atoms with Crippen LogP contribution in [0.2, 0.25) is 0 Å². The molecule has 0 radical (unpaired) electrons. The van der Waals surface area contributed by atoms with E-state index in [2.05, 4.69) is 43.3 Å². The van der Waals surface area contributed by atoms with Gasteiger partial charge in [0.1, 0.15) is 5.37 Å². The van der Waals surface area contributed by atoms with E-state index in [0.29, 0.717) is 24.4 Å². The largest absolute Gasteiger partial charge is 0.337 e. The molecule has 2 amide bonds. The van der Waals surface area contributed by atoms with Crippen LogP contribution in [0, 0.1) is 6.92 Å². The average Bonchev–Trinajstić information content (AvgIpc) is 3.19. The molecule has 0 unspecified atom stereocenters. The molecule has 0 spiro atoms. The minimum absolute atomic E-state index is 0.000604. The van der Waals surface area contributed by atoms with Crippen molar-refractivity contribution in [1.82, 2.24) is 9.80 Å². The second kappa shape index (κ2) is 10.0. The van der Waals surface area contributed by atoms with Crippen molar-refractivity contribution in [3.05, 3.63) is 107 Å². The van der Waals surface area contributed by atoms with Gasteiger partial charge < -0.3 is 9.80 Å². The lowest BCUT2D eigenvalue weighted by Gasteiger charge is -2.24. The van der Waals surface area contributed by atoms with Crippen LogP contribution < -0.4 is 0 Å². The number of carbonyl (C=O) groups is 2. The molecular formula is C27H28N2O2S. The van der Waals surface area contributed by atoms with Crippen molar-refractivity contribution in [2.45, 2.75) is 25.3 Å². The maximum absolute atomic E-state index is 12.9. The summed E-state index contributed by atoms with van der Waals surface area (Å²) in [6, 6.07) is 26.2. The third kappa shape index (κ3) is 5.22. The van der Waals surface area contributed by atoms with E-state index in [9.17, 15) is 9.59 Å². The molecule has 1 aliphatic rings. The zero-order valence-corrected chi connectivity index (χ0v) is 19.3. The highest BCUT2D eigenvalue weighted by atomic mass is 32.2. The Balaban J connectivity index is 1.40. The summed E-state index contributed by atoms with van der Waals surface area (Å²) >= 11 is 1.65. The molecule has 4 rings (SSSR count). The molecule has 0 aliphatic carbocycles. The maximum Gasteiger partial charge on any atom is 0.253 e. The van der Waals surface area contributed by atoms with Crippen molar-refractivity contribution in [2.24, 2.45) is 0 Å². The standard InChI is InChI=1S/C27H28N2O2S/c1-20-8-10-22(11-9-20)18-28(2)26(31)23-12-14-24(15-13-23)27-29(25(30)19-32-27)17-16-21-6-4-3-5-7-21/h3-15,27H,16-19H2,1-2H3/t27-/m1/s1. The summed E-state index contributed by atoms with van der Waals surface area (Å²) in [4.78, 5) is 29.1. The Morgan fingerprint density at radius 1 is 0.969 bits per heavy atom. The predicted octanol–water partition coefficient (Wildman–Crippen LogP) is 5.08. The number of carbonyl (C=O) groups excluding carboxylic acids is 2. The fourth-order valence-electron chi connectivity index (χ4n) is 3.92. The van der Waals surface area contributed by atoms with Gasteiger partial charge in [-0.25, -0.2) is 0 Å². The van der Waals surface area contributed by atoms with Gasteiger partial charge in [-0.05, 0) is 42.2 Å². The van der Waals surface area contributed by atoms with Crippen LogP contribution in [-0.4, -0.2) is 41.0 Å². The molecule has 3 aromatic rings. The van der Waals surface area contributed by atoms with Gasteiger partial charge in [0.15, 0.2) is 0 Å². The molecule has 32 heavy (non-hydrogen) atoms. The van der Waals surface area contributed by atoms with Gasteiger partial charge in [0.25, 0.3) is 5.91 Å². The highest BCUT2D eigenvalue weighted by Gasteiger charge is 2.32. The molecule has 3 aromatic carbocycles. The normalized spacial score (nSPS) is 15.8. The summed E-state index contributed by atoms with van der Waals surface area (Å²) in [5.41, 5.74) is 5.27. The molecular weight excluding hydrogens is 416 g/mol. The smallest absolute Gasteiger partial charge is 0.253 e. The molecule has 164 valence electrons. The topological polar surface area (TPSA) is 40.6 Å². The Morgan fingerprint density at radius 2 is 1.66 bits per heavy atom. The van der Waals surface area contributed by atoms with Crippen molar-refractivity contribution in [1.29, 1.82) is 0 Å². The predicted molar refractivity (Wildman–Crippen MR) is 130 cm³/mol. The number of hydrogen-bond acceptors (Lipinski definition) is 3. The van der Waals surface area contributed by atoms with Crippen LogP contribution >= 0.6 is 11.8 Å². The molecule has 5 heteroatoms. The maximum atomic E-state index is 12.9. The lowest BCUT2D eigenvalue weighted by molar-refractivity contribution is -0.128. The fourth-order valence-corrected chi connectivity index (χ4v) is 5.13. The van der Waals surface area contributed by atoms with Crippen molar-refractivity contribution < 1.29 is 9.59 Å². The molecule has 0 N–H and O–H groups in total. The molecule has 1 aliphatic heterocycles. The third-order valence-corrected chi connectivity index (χ3v) is 7.04. The zero-order valence-electron chi connectivity index (χ0n) is 18.5. The Kier molecular flexibility index (Phi) is 6.96. The first-order valence-corrected chi connectivity index (χ1v) is 11.9. The molecule has 0 saturated carbocycles. The number of rotatable bonds is 7. The number of nitrogens with zero attached hydrogens (tertiary/aromatic N) is 2. The van der Waals surface area contributed by atoms with E-state index < -0.39 is 0 Å². The number of thioether (sulfide) groups is 1. The summed E-state index contributed by atoms with van der Waals surface area (Å²) in [5, 5.41) is 0.000604. The summed E-state index contributed by atoms with van der Waals surface area (Å²) in [6.45, 7) is 3.32. The summed E-state index contributed by atoms with van der Waals surface area (Å²) in [6.07, 6.45) is 0.837. The van der Waals surface area contributed by atoms with Crippen molar-refractivity contribution in [3.63, 3.8) is 0 Å². The van der Waals surface area contributed by atoms with E-state index in [1.54, 1.807) is 16.7 Å². The number of amides is 2. The lowest BCUT2D eigenvalue weighted by Crippen LogP contribution is -2.30. The van der Waals surface area contributed by atoms with E-state index in [4.69, 9.17) is 0 Å². The lowest BCUT2D eigenvalue weighted by atomic mass is 10.1. The van der Waals surface area contributed by atoms with E-state index in [1.807, 2.05) is 54.4 Å². The second-order valence-electron chi connectivity index (χ2n) is 8.25. The monoisotopic (exact) mass is 444 g/mol. The van der Waals surface area contributed by atoms with Crippen molar-refractivity contribution in [3.8, 4) is 0 Å². The van der Waals surface area contributed by atoms with Gasteiger partial charge in [0.05, 0.1) is 5.75 Å².